The molecule has 3 aromatic rings. The van der Waals surface area contributed by atoms with Crippen LogP contribution >= 0.6 is 0 Å². The van der Waals surface area contributed by atoms with Gasteiger partial charge in [0.2, 0.25) is 0 Å². The Hall–Kier alpha value is -2.55. The molecule has 0 saturated heterocycles. The number of anilines is 1. The van der Waals surface area contributed by atoms with Gasteiger partial charge in [-0.25, -0.2) is 0 Å². The molecule has 3 nitrogen and oxygen atoms in total. The molecule has 0 aliphatic heterocycles. The summed E-state index contributed by atoms with van der Waals surface area (Å²) in [7, 11) is 0. The number of aromatic amines is 1. The Bertz CT molecular complexity index is 804. The molecule has 112 valence electrons. The minimum atomic E-state index is -0.271. The Morgan fingerprint density at radius 1 is 1.14 bits per heavy atom. The highest BCUT2D eigenvalue weighted by molar-refractivity contribution is 6.11. The highest BCUT2D eigenvalue weighted by Gasteiger charge is 2.19. The molecule has 0 spiro atoms. The molecule has 1 atom stereocenters. The van der Waals surface area contributed by atoms with E-state index in [0.717, 1.165) is 28.6 Å². The second-order valence-electron chi connectivity index (χ2n) is 5.49. The van der Waals surface area contributed by atoms with Crippen LogP contribution in [-0.4, -0.2) is 16.8 Å². The van der Waals surface area contributed by atoms with Crippen molar-refractivity contribution in [2.45, 2.75) is 26.3 Å². The van der Waals surface area contributed by atoms with E-state index in [-0.39, 0.29) is 11.8 Å². The lowest BCUT2D eigenvalue weighted by molar-refractivity contribution is 0.0977. The summed E-state index contributed by atoms with van der Waals surface area (Å²) < 4.78 is 0. The van der Waals surface area contributed by atoms with Crippen LogP contribution in [-0.2, 0) is 6.42 Å². The van der Waals surface area contributed by atoms with Gasteiger partial charge in [-0.05, 0) is 31.0 Å². The molecular weight excluding hydrogens is 272 g/mol. The lowest BCUT2D eigenvalue weighted by Crippen LogP contribution is -2.26. The van der Waals surface area contributed by atoms with Crippen LogP contribution in [0, 0.1) is 0 Å². The molecule has 1 heterocycles. The van der Waals surface area contributed by atoms with Crippen LogP contribution in [0.3, 0.4) is 0 Å². The predicted molar refractivity (Wildman–Crippen MR) is 91.5 cm³/mol. The average Bonchev–Trinajstić information content (AvgIpc) is 2.98. The van der Waals surface area contributed by atoms with Gasteiger partial charge in [-0.15, -0.1) is 0 Å². The third kappa shape index (κ3) is 2.62. The van der Waals surface area contributed by atoms with E-state index in [0.29, 0.717) is 0 Å². The van der Waals surface area contributed by atoms with Crippen molar-refractivity contribution in [3.05, 3.63) is 65.9 Å². The number of carbonyl (C=O) groups excluding carboxylic acids is 1. The summed E-state index contributed by atoms with van der Waals surface area (Å²) >= 11 is 0. The summed E-state index contributed by atoms with van der Waals surface area (Å²) in [5.41, 5.74) is 3.99. The van der Waals surface area contributed by atoms with E-state index in [1.807, 2.05) is 49.4 Å². The summed E-state index contributed by atoms with van der Waals surface area (Å²) in [5.74, 6) is 0.100. The number of aromatic nitrogens is 1. The quantitative estimate of drug-likeness (QED) is 0.684. The number of carbonyl (C=O) groups is 1. The van der Waals surface area contributed by atoms with Crippen molar-refractivity contribution in [2.75, 3.05) is 5.32 Å². The van der Waals surface area contributed by atoms with E-state index in [1.54, 1.807) is 6.20 Å². The molecule has 0 amide bonds. The number of H-pyrrole nitrogens is 1. The molecule has 0 unspecified atom stereocenters. The third-order valence-corrected chi connectivity index (χ3v) is 4.02. The number of para-hydroxylation sites is 2. The van der Waals surface area contributed by atoms with Crippen LogP contribution in [0.25, 0.3) is 10.9 Å². The molecule has 0 bridgehead atoms. The Morgan fingerprint density at radius 2 is 1.86 bits per heavy atom. The minimum absolute atomic E-state index is 0.100. The number of fused-ring (bicyclic) bond motifs is 1. The zero-order chi connectivity index (χ0) is 15.5. The number of ketones is 1. The van der Waals surface area contributed by atoms with Gasteiger partial charge < -0.3 is 10.3 Å². The molecule has 0 saturated carbocycles. The standard InChI is InChI=1S/C19H20N2O/c1-3-14-8-4-6-10-17(14)21-13(2)19(22)16-12-20-18-11-7-5-9-15(16)18/h4-13,20-21H,3H2,1-2H3/t13-/m0/s1. The first-order chi connectivity index (χ1) is 10.7. The summed E-state index contributed by atoms with van der Waals surface area (Å²) in [4.78, 5) is 15.9. The number of nitrogens with one attached hydrogen (secondary N) is 2. The zero-order valence-corrected chi connectivity index (χ0v) is 12.9. The Kier molecular flexibility index (Phi) is 3.96. The van der Waals surface area contributed by atoms with Crippen molar-refractivity contribution in [3.8, 4) is 0 Å². The molecule has 3 heteroatoms. The monoisotopic (exact) mass is 292 g/mol. The van der Waals surface area contributed by atoms with Crippen LogP contribution in [0.4, 0.5) is 5.69 Å². The predicted octanol–water partition coefficient (Wildman–Crippen LogP) is 4.41. The molecule has 1 aromatic heterocycles. The maximum Gasteiger partial charge on any atom is 0.186 e. The molecule has 0 radical (unpaired) electrons. The first kappa shape index (κ1) is 14.4. The van der Waals surface area contributed by atoms with E-state index in [4.69, 9.17) is 0 Å². The lowest BCUT2D eigenvalue weighted by Gasteiger charge is -2.16. The molecule has 2 N–H and O–H groups in total. The zero-order valence-electron chi connectivity index (χ0n) is 12.9. The Labute approximate surface area is 130 Å². The average molecular weight is 292 g/mol. The summed E-state index contributed by atoms with van der Waals surface area (Å²) in [5, 5.41) is 4.33. The van der Waals surface area contributed by atoms with Gasteiger partial charge in [0.15, 0.2) is 5.78 Å². The lowest BCUT2D eigenvalue weighted by atomic mass is 10.0. The van der Waals surface area contributed by atoms with Crippen molar-refractivity contribution in [3.63, 3.8) is 0 Å². The van der Waals surface area contributed by atoms with Gasteiger partial charge in [0.1, 0.15) is 0 Å². The maximum atomic E-state index is 12.7. The largest absolute Gasteiger partial charge is 0.375 e. The summed E-state index contributed by atoms with van der Waals surface area (Å²) in [6.07, 6.45) is 2.74. The fourth-order valence-corrected chi connectivity index (χ4v) is 2.78. The van der Waals surface area contributed by atoms with Crippen molar-refractivity contribution in [1.29, 1.82) is 0 Å². The van der Waals surface area contributed by atoms with Gasteiger partial charge in [-0.3, -0.25) is 4.79 Å². The number of hydrogen-bond donors (Lipinski definition) is 2. The maximum absolute atomic E-state index is 12.7. The Morgan fingerprint density at radius 3 is 2.68 bits per heavy atom. The normalized spacial score (nSPS) is 12.3. The fraction of sp³-hybridized carbons (Fsp3) is 0.211. The van der Waals surface area contributed by atoms with Gasteiger partial charge in [-0.1, -0.05) is 43.3 Å². The smallest absolute Gasteiger partial charge is 0.186 e. The van der Waals surface area contributed by atoms with Crippen LogP contribution in [0.15, 0.2) is 54.7 Å². The van der Waals surface area contributed by atoms with Crippen LogP contribution < -0.4 is 5.32 Å². The van der Waals surface area contributed by atoms with Gasteiger partial charge in [0.25, 0.3) is 0 Å². The Balaban J connectivity index is 1.86. The van der Waals surface area contributed by atoms with E-state index in [1.165, 1.54) is 5.56 Å². The van der Waals surface area contributed by atoms with Gasteiger partial charge in [-0.2, -0.15) is 0 Å². The van der Waals surface area contributed by atoms with Gasteiger partial charge in [0, 0.05) is 28.4 Å². The second kappa shape index (κ2) is 6.06. The topological polar surface area (TPSA) is 44.9 Å². The third-order valence-electron chi connectivity index (χ3n) is 4.02. The molecular formula is C19H20N2O. The van der Waals surface area contributed by atoms with E-state index < -0.39 is 0 Å². The molecule has 3 rings (SSSR count). The summed E-state index contributed by atoms with van der Waals surface area (Å²) in [6.45, 7) is 4.03. The number of Topliss-reactive ketones (excluding diaryl/α,β-unsaturated/α-hetero) is 1. The molecule has 22 heavy (non-hydrogen) atoms. The van der Waals surface area contributed by atoms with Crippen molar-refractivity contribution < 1.29 is 4.79 Å². The second-order valence-corrected chi connectivity index (χ2v) is 5.49. The number of benzene rings is 2. The molecule has 0 fully saturated rings. The van der Waals surface area contributed by atoms with E-state index >= 15 is 0 Å². The highest BCUT2D eigenvalue weighted by atomic mass is 16.1. The van der Waals surface area contributed by atoms with Gasteiger partial charge >= 0.3 is 0 Å². The van der Waals surface area contributed by atoms with Crippen molar-refractivity contribution in [1.82, 2.24) is 4.98 Å². The van der Waals surface area contributed by atoms with Crippen molar-refractivity contribution in [2.24, 2.45) is 0 Å². The number of aryl methyl sites for hydroxylation is 1. The van der Waals surface area contributed by atoms with E-state index in [2.05, 4.69) is 23.3 Å². The first-order valence-electron chi connectivity index (χ1n) is 7.65. The highest BCUT2D eigenvalue weighted by Crippen LogP contribution is 2.22. The van der Waals surface area contributed by atoms with Crippen molar-refractivity contribution >= 4 is 22.4 Å². The first-order valence-corrected chi connectivity index (χ1v) is 7.65. The van der Waals surface area contributed by atoms with Gasteiger partial charge in [0.05, 0.1) is 6.04 Å². The fourth-order valence-electron chi connectivity index (χ4n) is 2.78. The SMILES string of the molecule is CCc1ccccc1N[C@@H](C)C(=O)c1c[nH]c2ccccc12. The minimum Gasteiger partial charge on any atom is -0.375 e. The van der Waals surface area contributed by atoms with Crippen LogP contribution in [0.1, 0.15) is 29.8 Å². The molecule has 0 aliphatic rings. The molecule has 2 aromatic carbocycles. The number of hydrogen-bond acceptors (Lipinski definition) is 2. The summed E-state index contributed by atoms with van der Waals surface area (Å²) in [6, 6.07) is 15.7. The van der Waals surface area contributed by atoms with Crippen LogP contribution in [0.2, 0.25) is 0 Å². The van der Waals surface area contributed by atoms with Crippen LogP contribution in [0.5, 0.6) is 0 Å². The molecule has 0 aliphatic carbocycles. The number of rotatable bonds is 5. The van der Waals surface area contributed by atoms with E-state index in [9.17, 15) is 4.79 Å².